The number of rotatable bonds is 10. The zero-order valence-corrected chi connectivity index (χ0v) is 34.1. The molecular weight excluding hydrogens is 739 g/mol. The van der Waals surface area contributed by atoms with Gasteiger partial charge in [0.2, 0.25) is 22.8 Å². The third-order valence-corrected chi connectivity index (χ3v) is 13.2. The number of aliphatic hydroxyl groups is 4. The van der Waals surface area contributed by atoms with E-state index in [1.165, 1.54) is 12.1 Å². The molecule has 2 aliphatic carbocycles. The highest BCUT2D eigenvalue weighted by Gasteiger charge is 2.72. The first-order valence-corrected chi connectivity index (χ1v) is 20.1. The molecule has 4 aromatic rings. The van der Waals surface area contributed by atoms with Gasteiger partial charge < -0.3 is 34.6 Å². The molecule has 0 radical (unpaired) electrons. The summed E-state index contributed by atoms with van der Waals surface area (Å²) >= 11 is 0. The molecule has 304 valence electrons. The number of ketones is 2. The molecule has 58 heavy (non-hydrogen) atoms. The number of ether oxygens (including phenoxy) is 3. The summed E-state index contributed by atoms with van der Waals surface area (Å²) in [4.78, 5) is 40.2. The van der Waals surface area contributed by atoms with E-state index in [9.17, 15) is 34.8 Å². The van der Waals surface area contributed by atoms with Gasteiger partial charge in [-0.15, -0.1) is 0 Å². The van der Waals surface area contributed by atoms with Gasteiger partial charge in [-0.3, -0.25) is 14.9 Å². The number of anilines is 1. The number of carbonyl (C=O) groups is 3. The van der Waals surface area contributed by atoms with Crippen LogP contribution in [0.3, 0.4) is 0 Å². The lowest BCUT2D eigenvalue weighted by Crippen LogP contribution is -2.48. The number of carbonyl (C=O) groups excluding carboxylic acids is 3. The van der Waals surface area contributed by atoms with E-state index in [4.69, 9.17) is 14.2 Å². The van der Waals surface area contributed by atoms with Crippen LogP contribution in [0.1, 0.15) is 147 Å². The quantitative estimate of drug-likeness (QED) is 0.107. The molecule has 11 nitrogen and oxygen atoms in total. The Morgan fingerprint density at radius 2 is 1.45 bits per heavy atom. The average molecular weight is 790 g/mol. The second-order valence-electron chi connectivity index (χ2n) is 18.0. The molecule has 5 unspecified atom stereocenters. The average Bonchev–Trinajstić information content (AvgIpc) is 3.69. The summed E-state index contributed by atoms with van der Waals surface area (Å²) < 4.78 is 17.5. The standard InChI is InChI=1S/C47H51NO10/c1-9-42(5,6)33-23-28(24-34-38(33)58-46(54)30-16-11-10-15-29(30)39(49)45(34,46)53)43(7,8)21-13-14-26(4)27-19-20-31-36(22-27)57-47(55)32-17-12-18-35(48-41(51)56-25(2)3)37(32)40(50)44(31,47)52/h10-12,15-20,22-26,52-55H,9,13-14,21H2,1-8H3,(H,48,51). The van der Waals surface area contributed by atoms with Gasteiger partial charge in [-0.2, -0.15) is 0 Å². The van der Waals surface area contributed by atoms with Crippen LogP contribution in [0.5, 0.6) is 11.5 Å². The summed E-state index contributed by atoms with van der Waals surface area (Å²) in [6.07, 6.45) is 1.87. The van der Waals surface area contributed by atoms with E-state index in [1.807, 2.05) is 12.1 Å². The van der Waals surface area contributed by atoms with Crippen LogP contribution in [0.25, 0.3) is 0 Å². The minimum Gasteiger partial charge on any atom is -0.454 e. The molecule has 8 rings (SSSR count). The summed E-state index contributed by atoms with van der Waals surface area (Å²) in [5, 5.41) is 50.6. The maximum atomic E-state index is 13.9. The van der Waals surface area contributed by atoms with E-state index < -0.39 is 57.4 Å². The van der Waals surface area contributed by atoms with Crippen molar-refractivity contribution in [3.63, 3.8) is 0 Å². The van der Waals surface area contributed by atoms with Crippen LogP contribution < -0.4 is 14.8 Å². The van der Waals surface area contributed by atoms with Crippen molar-refractivity contribution in [1.29, 1.82) is 0 Å². The SMILES string of the molecule is CCC(C)(C)c1cc(C(C)(C)CCCC(C)c2ccc3c(c2)OC2(O)c4cccc(NC(=O)OC(C)C)c4C(=O)C32O)cc2c1OC1(O)c3ccccc3C(=O)C21O. The van der Waals surface area contributed by atoms with Crippen molar-refractivity contribution in [2.75, 3.05) is 5.32 Å². The zero-order chi connectivity index (χ0) is 42.0. The molecule has 0 saturated heterocycles. The van der Waals surface area contributed by atoms with Crippen LogP contribution in [0, 0.1) is 0 Å². The van der Waals surface area contributed by atoms with Crippen LogP contribution in [0.15, 0.2) is 72.8 Å². The van der Waals surface area contributed by atoms with Gasteiger partial charge in [-0.1, -0.05) is 103 Å². The summed E-state index contributed by atoms with van der Waals surface area (Å²) in [5.74, 6) is -5.48. The molecule has 4 aliphatic rings. The van der Waals surface area contributed by atoms with Crippen molar-refractivity contribution in [3.05, 3.63) is 123 Å². The summed E-state index contributed by atoms with van der Waals surface area (Å²) in [6.45, 7) is 16.0. The van der Waals surface area contributed by atoms with Crippen molar-refractivity contribution in [1.82, 2.24) is 0 Å². The number of Topliss-reactive ketones (excluding diaryl/α,β-unsaturated/α-hetero) is 2. The number of hydrogen-bond donors (Lipinski definition) is 5. The van der Waals surface area contributed by atoms with Gasteiger partial charge in [-0.25, -0.2) is 4.79 Å². The van der Waals surface area contributed by atoms with Crippen molar-refractivity contribution in [3.8, 4) is 11.5 Å². The molecule has 5 N–H and O–H groups in total. The van der Waals surface area contributed by atoms with E-state index in [2.05, 4.69) is 52.9 Å². The van der Waals surface area contributed by atoms with Gasteiger partial charge in [-0.05, 0) is 79.2 Å². The second-order valence-corrected chi connectivity index (χ2v) is 18.0. The van der Waals surface area contributed by atoms with Crippen molar-refractivity contribution < 1.29 is 49.0 Å². The Morgan fingerprint density at radius 1 is 0.776 bits per heavy atom. The van der Waals surface area contributed by atoms with Gasteiger partial charge in [0.15, 0.2) is 0 Å². The summed E-state index contributed by atoms with van der Waals surface area (Å²) in [6, 6.07) is 20.3. The van der Waals surface area contributed by atoms with Crippen LogP contribution in [0.2, 0.25) is 0 Å². The number of benzene rings is 4. The largest absolute Gasteiger partial charge is 0.454 e. The van der Waals surface area contributed by atoms with E-state index in [-0.39, 0.29) is 50.7 Å². The van der Waals surface area contributed by atoms with Crippen molar-refractivity contribution >= 4 is 23.3 Å². The van der Waals surface area contributed by atoms with Crippen molar-refractivity contribution in [2.45, 2.75) is 127 Å². The molecule has 5 atom stereocenters. The Morgan fingerprint density at radius 3 is 2.16 bits per heavy atom. The molecule has 0 fully saturated rings. The predicted octanol–water partition coefficient (Wildman–Crippen LogP) is 7.83. The van der Waals surface area contributed by atoms with Gasteiger partial charge in [0.05, 0.1) is 17.4 Å². The minimum atomic E-state index is -2.43. The van der Waals surface area contributed by atoms with Gasteiger partial charge in [0, 0.05) is 33.4 Å². The first-order chi connectivity index (χ1) is 27.2. The number of nitrogens with one attached hydrogen (secondary N) is 1. The lowest BCUT2D eigenvalue weighted by Gasteiger charge is -2.32. The van der Waals surface area contributed by atoms with Crippen LogP contribution in [0.4, 0.5) is 10.5 Å². The molecule has 11 heteroatoms. The Labute approximate surface area is 338 Å². The van der Waals surface area contributed by atoms with E-state index in [1.54, 1.807) is 56.3 Å². The third kappa shape index (κ3) is 5.29. The highest BCUT2D eigenvalue weighted by molar-refractivity contribution is 6.14. The predicted molar refractivity (Wildman–Crippen MR) is 215 cm³/mol. The first kappa shape index (κ1) is 39.7. The van der Waals surface area contributed by atoms with Crippen LogP contribution >= 0.6 is 0 Å². The minimum absolute atomic E-state index is 0.0218. The molecule has 0 spiro atoms. The normalized spacial score (nSPS) is 25.6. The fraction of sp³-hybridized carbons (Fsp3) is 0.426. The first-order valence-electron chi connectivity index (χ1n) is 20.1. The van der Waals surface area contributed by atoms with Gasteiger partial charge >= 0.3 is 6.09 Å². The molecular formula is C47H51NO10. The highest BCUT2D eigenvalue weighted by Crippen LogP contribution is 2.62. The third-order valence-electron chi connectivity index (χ3n) is 13.2. The van der Waals surface area contributed by atoms with E-state index in [0.717, 1.165) is 42.4 Å². The number of fused-ring (bicyclic) bond motifs is 10. The maximum Gasteiger partial charge on any atom is 0.411 e. The monoisotopic (exact) mass is 789 g/mol. The van der Waals surface area contributed by atoms with Crippen LogP contribution in [-0.2, 0) is 38.3 Å². The second kappa shape index (κ2) is 13.0. The van der Waals surface area contributed by atoms with Gasteiger partial charge in [0.1, 0.15) is 11.5 Å². The maximum absolute atomic E-state index is 13.9. The van der Waals surface area contributed by atoms with E-state index in [0.29, 0.717) is 5.75 Å². The van der Waals surface area contributed by atoms with Crippen molar-refractivity contribution in [2.24, 2.45) is 0 Å². The molecule has 1 amide bonds. The zero-order valence-electron chi connectivity index (χ0n) is 34.1. The Balaban J connectivity index is 1.02. The molecule has 4 aromatic carbocycles. The molecule has 2 heterocycles. The topological polar surface area (TPSA) is 172 Å². The molecule has 2 aliphatic heterocycles. The Kier molecular flexibility index (Phi) is 8.88. The lowest BCUT2D eigenvalue weighted by molar-refractivity contribution is -0.225. The summed E-state index contributed by atoms with van der Waals surface area (Å²) in [7, 11) is 0. The highest BCUT2D eigenvalue weighted by atomic mass is 16.7. The van der Waals surface area contributed by atoms with Gasteiger partial charge in [0.25, 0.3) is 11.6 Å². The summed E-state index contributed by atoms with van der Waals surface area (Å²) in [5.41, 5.74) is -1.95. The molecule has 0 aromatic heterocycles. The number of hydrogen-bond acceptors (Lipinski definition) is 10. The Bertz CT molecular complexity index is 2420. The van der Waals surface area contributed by atoms with Crippen LogP contribution in [-0.4, -0.2) is 44.2 Å². The fourth-order valence-corrected chi connectivity index (χ4v) is 9.24. The fourth-order valence-electron chi connectivity index (χ4n) is 9.24. The lowest BCUT2D eigenvalue weighted by atomic mass is 9.72. The number of amides is 1. The van der Waals surface area contributed by atoms with E-state index >= 15 is 0 Å². The molecule has 0 saturated carbocycles. The Hall–Kier alpha value is -5.07. The molecule has 0 bridgehead atoms. The smallest absolute Gasteiger partial charge is 0.411 e.